The first kappa shape index (κ1) is 82.1. The Balaban J connectivity index is 0.00000180. The number of hydrogen-bond donors (Lipinski definition) is 4. The van der Waals surface area contributed by atoms with E-state index in [0.29, 0.717) is 120 Å². The number of carboxylic acids is 3. The number of methoxy groups -OCH3 is 4. The largest absolute Gasteiger partial charge is 0.481 e. The molecule has 0 unspecified atom stereocenters. The number of aliphatic hydroxyl groups excluding tert-OH is 1. The summed E-state index contributed by atoms with van der Waals surface area (Å²) in [5.41, 5.74) is -6.58. The average molecular weight is 1290 g/mol. The third-order valence-corrected chi connectivity index (χ3v) is 11.0. The number of nitrogens with zero attached hydrogens (tertiary/aromatic N) is 6. The minimum Gasteiger partial charge on any atom is -0.481 e. The van der Waals surface area contributed by atoms with Crippen LogP contribution in [0.1, 0.15) is 38.5 Å². The summed E-state index contributed by atoms with van der Waals surface area (Å²) in [5, 5.41) is 34.3. The predicted octanol–water partition coefficient (Wildman–Crippen LogP) is -4.74. The van der Waals surface area contributed by atoms with E-state index in [0.717, 1.165) is 0 Å². The van der Waals surface area contributed by atoms with E-state index in [4.69, 9.17) is 91.5 Å². The molecule has 2 aromatic rings. The Labute approximate surface area is 510 Å². The minimum absolute atomic E-state index is 0.0675. The van der Waals surface area contributed by atoms with Crippen LogP contribution in [0.2, 0.25) is 0 Å². The first-order valence-corrected chi connectivity index (χ1v) is 28.0. The van der Waals surface area contributed by atoms with Crippen LogP contribution in [0.25, 0.3) is 0 Å². The maximum Gasteiger partial charge on any atom is 0.336 e. The number of aliphatic carboxylic acids is 3. The molecule has 0 aliphatic heterocycles. The Hall–Kier alpha value is -6.88. The van der Waals surface area contributed by atoms with Gasteiger partial charge in [-0.3, -0.25) is 28.8 Å². The minimum atomic E-state index is -1.29. The molecule has 0 fully saturated rings. The van der Waals surface area contributed by atoms with Gasteiger partial charge in [0.25, 0.3) is 0 Å². The summed E-state index contributed by atoms with van der Waals surface area (Å²) < 4.78 is 79.9. The van der Waals surface area contributed by atoms with Gasteiger partial charge in [-0.15, -0.1) is 0 Å². The van der Waals surface area contributed by atoms with Gasteiger partial charge in [-0.05, 0) is 0 Å². The molecule has 0 radical (unpaired) electrons. The number of carbonyl (C=O) groups is 6. The highest BCUT2D eigenvalue weighted by molar-refractivity contribution is 5.70. The second kappa shape index (κ2) is 54.1. The van der Waals surface area contributed by atoms with Crippen LogP contribution in [0, 0.1) is 0 Å². The number of hydrogen-bond acceptors (Lipinski definition) is 28. The number of carbonyl (C=O) groups excluding carboxylic acids is 3. The predicted molar refractivity (Wildman–Crippen MR) is 303 cm³/mol. The van der Waals surface area contributed by atoms with Gasteiger partial charge in [0.2, 0.25) is 0 Å². The lowest BCUT2D eigenvalue weighted by Crippen LogP contribution is -2.55. The van der Waals surface area contributed by atoms with Crippen molar-refractivity contribution in [3.8, 4) is 0 Å². The molecule has 37 nitrogen and oxygen atoms in total. The highest BCUT2D eigenvalue weighted by atomic mass is 16.6. The molecule has 0 aromatic carbocycles. The molecule has 0 atom stereocenters. The molecule has 0 aliphatic carbocycles. The van der Waals surface area contributed by atoms with E-state index in [9.17, 15) is 57.5 Å². The van der Waals surface area contributed by atoms with Crippen LogP contribution < -0.4 is 34.1 Å². The summed E-state index contributed by atoms with van der Waals surface area (Å²) in [7, 11) is 6.31. The van der Waals surface area contributed by atoms with Gasteiger partial charge < -0.3 is 91.5 Å². The Morgan fingerprint density at radius 3 is 0.618 bits per heavy atom. The van der Waals surface area contributed by atoms with Crippen LogP contribution in [0.5, 0.6) is 0 Å². The Bertz CT molecular complexity index is 2330. The molecule has 0 spiro atoms. The number of rotatable bonds is 53. The molecule has 89 heavy (non-hydrogen) atoms. The van der Waals surface area contributed by atoms with Crippen LogP contribution in [-0.2, 0) is 139 Å². The second-order valence-corrected chi connectivity index (χ2v) is 17.5. The topological polar surface area (TPSA) is 454 Å². The lowest BCUT2D eigenvalue weighted by Gasteiger charge is -2.14. The van der Waals surface area contributed by atoms with E-state index in [2.05, 4.69) is 0 Å². The maximum atomic E-state index is 13.3. The van der Waals surface area contributed by atoms with Crippen molar-refractivity contribution in [2.45, 2.75) is 77.8 Å². The monoisotopic (exact) mass is 1290 g/mol. The molecule has 0 bridgehead atoms. The van der Waals surface area contributed by atoms with Crippen LogP contribution >= 0.6 is 0 Å². The highest BCUT2D eigenvalue weighted by Crippen LogP contribution is 1.96. The fraction of sp³-hybridized carbons (Fsp3) is 0.769. The van der Waals surface area contributed by atoms with Gasteiger partial charge in [-0.1, -0.05) is 0 Å². The number of aromatic nitrogens is 6. The fourth-order valence-electron chi connectivity index (χ4n) is 6.53. The van der Waals surface area contributed by atoms with E-state index >= 15 is 0 Å². The van der Waals surface area contributed by atoms with Crippen molar-refractivity contribution in [2.24, 2.45) is 0 Å². The fourth-order valence-corrected chi connectivity index (χ4v) is 6.53. The number of ether oxygens (including phenoxy) is 15. The number of aliphatic hydroxyl groups is 1. The number of carboxylic acid groups (broad SMARTS) is 3. The SMILES string of the molecule is COCCOCCOCCO.COCCOCCOCCOC(=O)CCn1c(=O)n(CCC(=O)OCCOCCOCCOC)c(=O)n(CCC(=O)OCCOCCOCCOC)c1=O.O=C(O)CCn1c(=O)n(CCC(=O)O)c(=O)n(CCC(=O)O)c1=O. The van der Waals surface area contributed by atoms with Gasteiger partial charge in [0.1, 0.15) is 19.8 Å². The zero-order chi connectivity index (χ0) is 66.5. The summed E-state index contributed by atoms with van der Waals surface area (Å²) in [6.07, 6.45) is -2.92. The van der Waals surface area contributed by atoms with E-state index < -0.39 is 148 Å². The Morgan fingerprint density at radius 1 is 0.270 bits per heavy atom. The normalized spacial score (nSPS) is 10.9. The van der Waals surface area contributed by atoms with Crippen LogP contribution in [0.15, 0.2) is 28.8 Å². The first-order valence-electron chi connectivity index (χ1n) is 28.0. The van der Waals surface area contributed by atoms with Crippen molar-refractivity contribution in [3.63, 3.8) is 0 Å². The summed E-state index contributed by atoms with van der Waals surface area (Å²) in [5.74, 6) is -6.06. The van der Waals surface area contributed by atoms with Gasteiger partial charge in [-0.25, -0.2) is 56.2 Å². The van der Waals surface area contributed by atoms with Gasteiger partial charge in [0, 0.05) is 67.7 Å². The smallest absolute Gasteiger partial charge is 0.336 e. The van der Waals surface area contributed by atoms with E-state index in [1.54, 1.807) is 28.4 Å². The molecule has 2 aromatic heterocycles. The van der Waals surface area contributed by atoms with E-state index in [1.165, 1.54) is 0 Å². The molecule has 2 rings (SSSR count). The Morgan fingerprint density at radius 2 is 0.438 bits per heavy atom. The first-order chi connectivity index (χ1) is 42.8. The van der Waals surface area contributed by atoms with Crippen molar-refractivity contribution in [3.05, 3.63) is 62.9 Å². The molecular formula is C52H88N6O31. The molecule has 0 saturated heterocycles. The maximum absolute atomic E-state index is 13.3. The van der Waals surface area contributed by atoms with Gasteiger partial charge in [0.05, 0.1) is 177 Å². The van der Waals surface area contributed by atoms with Crippen molar-refractivity contribution in [2.75, 3.05) is 187 Å². The summed E-state index contributed by atoms with van der Waals surface area (Å²) in [4.78, 5) is 145. The van der Waals surface area contributed by atoms with Crippen LogP contribution in [0.4, 0.5) is 0 Å². The van der Waals surface area contributed by atoms with Crippen molar-refractivity contribution < 1.29 is 120 Å². The second-order valence-electron chi connectivity index (χ2n) is 17.5. The van der Waals surface area contributed by atoms with Crippen molar-refractivity contribution in [1.82, 2.24) is 27.4 Å². The highest BCUT2D eigenvalue weighted by Gasteiger charge is 2.21. The standard InChI is InChI=1S/C33H57N3O18.C12H15N3O9.C7H16O4/c1-43-10-13-46-16-19-49-22-25-52-28(37)4-7-34-31(40)35(8-5-29(38)53-26-23-50-20-17-47-14-11-44-2)33(42)36(32(34)41)9-6-30(39)54-27-24-51-21-18-48-15-12-45-3;16-7(17)1-4-13-10(22)14(5-2-8(18)19)12(24)15(11(13)23)6-3-9(20)21;1-9-4-5-11-7-6-10-3-2-8/h4-27H2,1-3H3;1-6H2,(H,16,17)(H,18,19)(H,20,21);8H,2-7H2,1H3. The van der Waals surface area contributed by atoms with Crippen molar-refractivity contribution in [1.29, 1.82) is 0 Å². The zero-order valence-electron chi connectivity index (χ0n) is 51.0. The molecule has 2 heterocycles. The molecule has 512 valence electrons. The molecule has 0 aliphatic rings. The van der Waals surface area contributed by atoms with E-state index in [-0.39, 0.29) is 66.1 Å². The average Bonchev–Trinajstić information content (AvgIpc) is 1.10. The molecule has 4 N–H and O–H groups in total. The Kier molecular flexibility index (Phi) is 49.9. The molecular weight excluding hydrogens is 1200 g/mol. The third-order valence-electron chi connectivity index (χ3n) is 11.0. The summed E-state index contributed by atoms with van der Waals surface area (Å²) >= 11 is 0. The van der Waals surface area contributed by atoms with Gasteiger partial charge in [-0.2, -0.15) is 0 Å². The van der Waals surface area contributed by atoms with E-state index in [1.807, 2.05) is 0 Å². The molecule has 0 amide bonds. The summed E-state index contributed by atoms with van der Waals surface area (Å²) in [6.45, 7) is 4.27. The molecule has 0 saturated carbocycles. The van der Waals surface area contributed by atoms with Crippen molar-refractivity contribution >= 4 is 35.8 Å². The number of esters is 3. The molecule has 37 heteroatoms. The van der Waals surface area contributed by atoms with Gasteiger partial charge >= 0.3 is 70.0 Å². The van der Waals surface area contributed by atoms with Gasteiger partial charge in [0.15, 0.2) is 0 Å². The van der Waals surface area contributed by atoms with Crippen LogP contribution in [-0.4, -0.2) is 271 Å². The summed E-state index contributed by atoms with van der Waals surface area (Å²) in [6, 6.07) is 0. The quantitative estimate of drug-likeness (QED) is 0.0274. The third kappa shape index (κ3) is 40.4. The zero-order valence-corrected chi connectivity index (χ0v) is 51.0. The lowest BCUT2D eigenvalue weighted by atomic mass is 10.4. The van der Waals surface area contributed by atoms with Crippen LogP contribution in [0.3, 0.4) is 0 Å². The lowest BCUT2D eigenvalue weighted by molar-refractivity contribution is -0.146.